The Balaban J connectivity index is 0.983. The molecule has 1 aromatic carbocycles. The summed E-state index contributed by atoms with van der Waals surface area (Å²) in [7, 11) is 0. The van der Waals surface area contributed by atoms with Crippen LogP contribution in [0.25, 0.3) is 6.08 Å². The SMILES string of the molecule is CC(=O)OC1C(O)C(C)OC(OC2C(C)OC(OC(=O)[C@@H]3CC[C@@H]4[C@H](C3)OC3(C[C@@H](OC(=O)/C=C/c5ccccc5)[C@@H](C)CO3)[C@@]43CO3)C(O)C2OC(C)=O)C1O. The Kier molecular flexibility index (Phi) is 12.1. The highest BCUT2D eigenvalue weighted by Gasteiger charge is 2.76. The summed E-state index contributed by atoms with van der Waals surface area (Å²) in [5.74, 6) is -4.68. The van der Waals surface area contributed by atoms with E-state index in [4.69, 9.17) is 47.4 Å². The van der Waals surface area contributed by atoms with Crippen LogP contribution in [0.15, 0.2) is 36.4 Å². The van der Waals surface area contributed by atoms with Gasteiger partial charge in [0.05, 0.1) is 37.4 Å². The number of aliphatic hydroxyl groups excluding tert-OH is 3. The third kappa shape index (κ3) is 8.36. The van der Waals surface area contributed by atoms with Crippen LogP contribution in [0.2, 0.25) is 0 Å². The van der Waals surface area contributed by atoms with E-state index in [0.717, 1.165) is 19.4 Å². The van der Waals surface area contributed by atoms with Crippen molar-refractivity contribution in [2.75, 3.05) is 13.2 Å². The van der Waals surface area contributed by atoms with Gasteiger partial charge >= 0.3 is 23.9 Å². The second-order valence-electron chi connectivity index (χ2n) is 16.0. The maximum Gasteiger partial charge on any atom is 0.331 e. The average molecular weight is 805 g/mol. The van der Waals surface area contributed by atoms with Gasteiger partial charge in [-0.2, -0.15) is 0 Å². The van der Waals surface area contributed by atoms with Crippen molar-refractivity contribution < 1.29 is 81.9 Å². The van der Waals surface area contributed by atoms with Crippen molar-refractivity contribution in [1.82, 2.24) is 0 Å². The summed E-state index contributed by atoms with van der Waals surface area (Å²) in [5, 5.41) is 32.8. The number of ether oxygens (including phenoxy) is 10. The molecule has 314 valence electrons. The number of fused-ring (bicyclic) bond motifs is 3. The summed E-state index contributed by atoms with van der Waals surface area (Å²) >= 11 is 0. The van der Waals surface area contributed by atoms with E-state index in [1.807, 2.05) is 37.3 Å². The van der Waals surface area contributed by atoms with E-state index >= 15 is 0 Å². The molecule has 57 heavy (non-hydrogen) atoms. The lowest BCUT2D eigenvalue weighted by atomic mass is 9.72. The first-order chi connectivity index (χ1) is 27.1. The summed E-state index contributed by atoms with van der Waals surface area (Å²) in [6.45, 7) is 7.90. The van der Waals surface area contributed by atoms with E-state index in [0.29, 0.717) is 19.4 Å². The number of carbonyl (C=O) groups excluding carboxylic acids is 4. The number of benzene rings is 1. The molecule has 7 rings (SSSR count). The van der Waals surface area contributed by atoms with Crippen molar-refractivity contribution in [2.45, 2.75) is 145 Å². The van der Waals surface area contributed by atoms with E-state index in [9.17, 15) is 34.5 Å². The van der Waals surface area contributed by atoms with E-state index in [2.05, 4.69) is 0 Å². The minimum Gasteiger partial charge on any atom is -0.459 e. The number of aliphatic hydroxyl groups is 3. The molecule has 2 spiro atoms. The van der Waals surface area contributed by atoms with Gasteiger partial charge in [0.25, 0.3) is 0 Å². The molecule has 3 N–H and O–H groups in total. The lowest BCUT2D eigenvalue weighted by Gasteiger charge is -2.46. The molecule has 1 aliphatic carbocycles. The fraction of sp³-hybridized carbons (Fsp3) is 0.700. The molecule has 6 aliphatic rings. The van der Waals surface area contributed by atoms with Gasteiger partial charge in [0.2, 0.25) is 12.1 Å². The molecule has 17 heteroatoms. The van der Waals surface area contributed by atoms with E-state index in [1.165, 1.54) is 19.9 Å². The topological polar surface area (TPSA) is 225 Å². The van der Waals surface area contributed by atoms with Gasteiger partial charge in [0.15, 0.2) is 30.2 Å². The molecule has 1 saturated carbocycles. The van der Waals surface area contributed by atoms with Crippen LogP contribution in [0.5, 0.6) is 0 Å². The van der Waals surface area contributed by atoms with Gasteiger partial charge in [-0.15, -0.1) is 0 Å². The van der Waals surface area contributed by atoms with Gasteiger partial charge < -0.3 is 62.7 Å². The number of hydrogen-bond acceptors (Lipinski definition) is 17. The maximum atomic E-state index is 13.7. The molecule has 1 aromatic rings. The van der Waals surface area contributed by atoms with Crippen molar-refractivity contribution in [3.05, 3.63) is 42.0 Å². The number of epoxide rings is 1. The zero-order valence-electron chi connectivity index (χ0n) is 32.5. The zero-order chi connectivity index (χ0) is 40.8. The molecule has 17 nitrogen and oxygen atoms in total. The van der Waals surface area contributed by atoms with Crippen molar-refractivity contribution in [3.63, 3.8) is 0 Å². The highest BCUT2D eigenvalue weighted by molar-refractivity contribution is 5.87. The van der Waals surface area contributed by atoms with E-state index in [-0.39, 0.29) is 31.3 Å². The minimum atomic E-state index is -1.72. The fourth-order valence-corrected chi connectivity index (χ4v) is 8.90. The first-order valence-electron chi connectivity index (χ1n) is 19.6. The van der Waals surface area contributed by atoms with Crippen molar-refractivity contribution in [3.8, 4) is 0 Å². The Morgan fingerprint density at radius 2 is 1.46 bits per heavy atom. The first kappa shape index (κ1) is 41.6. The third-order valence-corrected chi connectivity index (χ3v) is 12.0. The Morgan fingerprint density at radius 3 is 2.14 bits per heavy atom. The highest BCUT2D eigenvalue weighted by atomic mass is 16.8. The van der Waals surface area contributed by atoms with Gasteiger partial charge in [-0.1, -0.05) is 37.3 Å². The van der Waals surface area contributed by atoms with Crippen LogP contribution in [-0.4, -0.2) is 137 Å². The van der Waals surface area contributed by atoms with E-state index in [1.54, 1.807) is 6.08 Å². The van der Waals surface area contributed by atoms with Crippen LogP contribution in [0.4, 0.5) is 0 Å². The average Bonchev–Trinajstić information content (AvgIpc) is 3.94. The van der Waals surface area contributed by atoms with E-state index < -0.39 is 115 Å². The molecule has 5 aliphatic heterocycles. The molecule has 6 fully saturated rings. The van der Waals surface area contributed by atoms with Crippen LogP contribution >= 0.6 is 0 Å². The first-order valence-corrected chi connectivity index (χ1v) is 19.6. The second-order valence-corrected chi connectivity index (χ2v) is 16.0. The Morgan fingerprint density at radius 1 is 0.789 bits per heavy atom. The quantitative estimate of drug-likeness (QED) is 0.139. The Bertz CT molecular complexity index is 1670. The van der Waals surface area contributed by atoms with Crippen LogP contribution in [0.3, 0.4) is 0 Å². The second kappa shape index (κ2) is 16.6. The van der Waals surface area contributed by atoms with Gasteiger partial charge in [-0.3, -0.25) is 14.4 Å². The zero-order valence-corrected chi connectivity index (χ0v) is 32.5. The summed E-state index contributed by atoms with van der Waals surface area (Å²) in [5.41, 5.74) is 0.124. The molecule has 0 aromatic heterocycles. The normalized spacial score (nSPS) is 44.0. The molecule has 11 unspecified atom stereocenters. The van der Waals surface area contributed by atoms with Crippen molar-refractivity contribution in [2.24, 2.45) is 17.8 Å². The van der Waals surface area contributed by atoms with Crippen molar-refractivity contribution in [1.29, 1.82) is 0 Å². The molecule has 0 bridgehead atoms. The number of esters is 4. The maximum absolute atomic E-state index is 13.7. The lowest BCUT2D eigenvalue weighted by molar-refractivity contribution is -0.350. The molecular weight excluding hydrogens is 752 g/mol. The third-order valence-electron chi connectivity index (χ3n) is 12.0. The fourth-order valence-electron chi connectivity index (χ4n) is 8.90. The van der Waals surface area contributed by atoms with Crippen LogP contribution in [-0.2, 0) is 66.5 Å². The monoisotopic (exact) mass is 804 g/mol. The predicted octanol–water partition coefficient (Wildman–Crippen LogP) is 1.31. The van der Waals surface area contributed by atoms with Gasteiger partial charge in [0, 0.05) is 38.2 Å². The van der Waals surface area contributed by atoms with Crippen LogP contribution in [0.1, 0.15) is 65.9 Å². The summed E-state index contributed by atoms with van der Waals surface area (Å²) in [6.07, 6.45) is -10.2. The molecule has 5 heterocycles. The molecule has 17 atom stereocenters. The number of carbonyl (C=O) groups is 4. The minimum absolute atomic E-state index is 0.0892. The van der Waals surface area contributed by atoms with Crippen LogP contribution < -0.4 is 0 Å². The molecule has 0 amide bonds. The Hall–Kier alpha value is -3.52. The summed E-state index contributed by atoms with van der Waals surface area (Å²) in [4.78, 5) is 50.5. The molecular formula is C40H52O17. The smallest absolute Gasteiger partial charge is 0.331 e. The molecule has 5 saturated heterocycles. The summed E-state index contributed by atoms with van der Waals surface area (Å²) in [6, 6.07) is 9.43. The van der Waals surface area contributed by atoms with Gasteiger partial charge in [0.1, 0.15) is 24.4 Å². The van der Waals surface area contributed by atoms with Crippen LogP contribution in [0, 0.1) is 17.8 Å². The standard InChI is InChI=1S/C40H52O17/c1-19-17-48-40(16-28(19)54-29(43)14-11-24-9-7-6-8-10-24)39(18-49-39)26-13-12-25(15-27(26)57-40)36(47)56-38-32(46)35(53-23(5)42)33(21(3)51-38)55-37-31(45)34(52-22(4)41)30(44)20(2)50-37/h6-11,14,19-21,25-28,30-35,37-38,44-46H,12-13,15-18H2,1-5H3/b14-11+/t19-,20?,21?,25+,26+,27-,28+,30?,31?,32?,33?,34?,35?,37?,38?,39+,40?/m0/s1. The van der Waals surface area contributed by atoms with Gasteiger partial charge in [-0.25, -0.2) is 4.79 Å². The lowest BCUT2D eigenvalue weighted by Crippen LogP contribution is -2.64. The summed E-state index contributed by atoms with van der Waals surface area (Å²) < 4.78 is 59.0. The Labute approximate surface area is 329 Å². The van der Waals surface area contributed by atoms with Gasteiger partial charge in [-0.05, 0) is 44.7 Å². The van der Waals surface area contributed by atoms with Crippen molar-refractivity contribution >= 4 is 30.0 Å². The number of hydrogen-bond donors (Lipinski definition) is 3. The molecule has 0 radical (unpaired) electrons. The highest BCUT2D eigenvalue weighted by Crippen LogP contribution is 2.62. The largest absolute Gasteiger partial charge is 0.459 e. The predicted molar refractivity (Wildman–Crippen MR) is 191 cm³/mol. The number of rotatable bonds is 9.